The van der Waals surface area contributed by atoms with E-state index < -0.39 is 0 Å². The largest absolute Gasteiger partial charge is 0.300 e. The first-order valence-electron chi connectivity index (χ1n) is 4.64. The summed E-state index contributed by atoms with van der Waals surface area (Å²) in [6, 6.07) is 4.54. The third-order valence-corrected chi connectivity index (χ3v) is 2.12. The van der Waals surface area contributed by atoms with Crippen molar-refractivity contribution >= 4 is 0 Å². The minimum absolute atomic E-state index is 0.124. The van der Waals surface area contributed by atoms with Gasteiger partial charge in [-0.3, -0.25) is 0 Å². The topological polar surface area (TPSA) is 12.0 Å². The second-order valence-corrected chi connectivity index (χ2v) is 3.16. The minimum Gasteiger partial charge on any atom is -0.300 e. The number of aryl methyl sites for hydroxylation is 1. The molecular formula is C12H14FN. The Morgan fingerprint density at radius 3 is 2.79 bits per heavy atom. The molecule has 0 amide bonds. The quantitative estimate of drug-likeness (QED) is 0.723. The van der Waals surface area contributed by atoms with Crippen molar-refractivity contribution in [2.24, 2.45) is 0 Å². The molecule has 0 aliphatic heterocycles. The molecule has 1 aromatic rings. The van der Waals surface area contributed by atoms with E-state index in [1.165, 1.54) is 12.1 Å². The van der Waals surface area contributed by atoms with Gasteiger partial charge >= 0.3 is 0 Å². The Balaban J connectivity index is 3.00. The summed E-state index contributed by atoms with van der Waals surface area (Å²) in [5, 5.41) is 3.15. The third-order valence-electron chi connectivity index (χ3n) is 2.12. The minimum atomic E-state index is -0.224. The van der Waals surface area contributed by atoms with Gasteiger partial charge in [0.25, 0.3) is 0 Å². The van der Waals surface area contributed by atoms with Crippen LogP contribution in [0.2, 0.25) is 0 Å². The molecule has 0 radical (unpaired) electrons. The number of hydrogen-bond acceptors (Lipinski definition) is 1. The number of benzene rings is 1. The fourth-order valence-electron chi connectivity index (χ4n) is 1.43. The Kier molecular flexibility index (Phi) is 3.67. The molecule has 0 spiro atoms. The van der Waals surface area contributed by atoms with Crippen molar-refractivity contribution in [3.8, 4) is 12.3 Å². The highest BCUT2D eigenvalue weighted by Gasteiger charge is 2.09. The fraction of sp³-hybridized carbons (Fsp3) is 0.333. The Labute approximate surface area is 84.3 Å². The smallest absolute Gasteiger partial charge is 0.123 e. The summed E-state index contributed by atoms with van der Waals surface area (Å²) >= 11 is 0. The van der Waals surface area contributed by atoms with Gasteiger partial charge in [0.2, 0.25) is 0 Å². The van der Waals surface area contributed by atoms with Crippen molar-refractivity contribution in [3.05, 3.63) is 35.1 Å². The summed E-state index contributed by atoms with van der Waals surface area (Å²) in [5.41, 5.74) is 1.85. The molecule has 1 unspecified atom stereocenters. The lowest BCUT2D eigenvalue weighted by atomic mass is 10.0. The van der Waals surface area contributed by atoms with Gasteiger partial charge in [-0.2, -0.15) is 0 Å². The van der Waals surface area contributed by atoms with Crippen LogP contribution in [0.1, 0.15) is 24.1 Å². The average molecular weight is 191 g/mol. The SMILES string of the molecule is C#CC(NCC)c1ccc(F)cc1C. The summed E-state index contributed by atoms with van der Waals surface area (Å²) in [6.45, 7) is 4.65. The van der Waals surface area contributed by atoms with Crippen LogP contribution in [0.4, 0.5) is 4.39 Å². The number of rotatable bonds is 3. The van der Waals surface area contributed by atoms with Crippen molar-refractivity contribution in [3.63, 3.8) is 0 Å². The van der Waals surface area contributed by atoms with Gasteiger partial charge in [0.05, 0.1) is 6.04 Å². The molecule has 1 aromatic carbocycles. The second kappa shape index (κ2) is 4.78. The van der Waals surface area contributed by atoms with E-state index in [1.807, 2.05) is 13.8 Å². The highest BCUT2D eigenvalue weighted by Crippen LogP contribution is 2.17. The van der Waals surface area contributed by atoms with Crippen LogP contribution in [0.3, 0.4) is 0 Å². The van der Waals surface area contributed by atoms with Crippen molar-refractivity contribution in [2.75, 3.05) is 6.54 Å². The highest BCUT2D eigenvalue weighted by atomic mass is 19.1. The number of halogens is 1. The lowest BCUT2D eigenvalue weighted by Crippen LogP contribution is -2.20. The van der Waals surface area contributed by atoms with Crippen LogP contribution >= 0.6 is 0 Å². The average Bonchev–Trinajstić information content (AvgIpc) is 2.15. The van der Waals surface area contributed by atoms with E-state index in [-0.39, 0.29) is 11.9 Å². The van der Waals surface area contributed by atoms with Gasteiger partial charge in [-0.15, -0.1) is 6.42 Å². The third kappa shape index (κ3) is 2.34. The van der Waals surface area contributed by atoms with Crippen molar-refractivity contribution in [1.82, 2.24) is 5.32 Å². The molecule has 1 rings (SSSR count). The van der Waals surface area contributed by atoms with Gasteiger partial charge in [0.1, 0.15) is 5.82 Å². The fourth-order valence-corrected chi connectivity index (χ4v) is 1.43. The van der Waals surface area contributed by atoms with Crippen LogP contribution in [0.5, 0.6) is 0 Å². The van der Waals surface area contributed by atoms with Gasteiger partial charge in [0, 0.05) is 0 Å². The van der Waals surface area contributed by atoms with Gasteiger partial charge < -0.3 is 5.32 Å². The zero-order valence-corrected chi connectivity index (χ0v) is 8.47. The molecule has 0 aliphatic rings. The molecule has 14 heavy (non-hydrogen) atoms. The molecule has 0 fully saturated rings. The zero-order valence-electron chi connectivity index (χ0n) is 8.47. The van der Waals surface area contributed by atoms with Crippen LogP contribution in [-0.4, -0.2) is 6.54 Å². The predicted molar refractivity (Wildman–Crippen MR) is 56.4 cm³/mol. The van der Waals surface area contributed by atoms with Gasteiger partial charge in [-0.05, 0) is 36.7 Å². The van der Waals surface area contributed by atoms with E-state index in [2.05, 4.69) is 11.2 Å². The van der Waals surface area contributed by atoms with E-state index in [1.54, 1.807) is 6.07 Å². The molecule has 0 heterocycles. The van der Waals surface area contributed by atoms with Gasteiger partial charge in [-0.25, -0.2) is 4.39 Å². The summed E-state index contributed by atoms with van der Waals surface area (Å²) in [5.74, 6) is 2.42. The first kappa shape index (κ1) is 10.7. The van der Waals surface area contributed by atoms with Crippen molar-refractivity contribution in [2.45, 2.75) is 19.9 Å². The standard InChI is InChI=1S/C12H14FN/c1-4-12(14-5-2)11-7-6-10(13)8-9(11)3/h1,6-8,12,14H,5H2,2-3H3. The number of nitrogens with one attached hydrogen (secondary N) is 1. The van der Waals surface area contributed by atoms with Gasteiger partial charge in [-0.1, -0.05) is 18.9 Å². The van der Waals surface area contributed by atoms with E-state index in [9.17, 15) is 4.39 Å². The molecule has 1 atom stereocenters. The molecule has 0 saturated heterocycles. The predicted octanol–water partition coefficient (Wildman–Crippen LogP) is 2.42. The van der Waals surface area contributed by atoms with E-state index >= 15 is 0 Å². The Morgan fingerprint density at radius 2 is 2.29 bits per heavy atom. The monoisotopic (exact) mass is 191 g/mol. The zero-order chi connectivity index (χ0) is 10.6. The molecule has 0 aliphatic carbocycles. The van der Waals surface area contributed by atoms with E-state index in [4.69, 9.17) is 6.42 Å². The maximum Gasteiger partial charge on any atom is 0.123 e. The van der Waals surface area contributed by atoms with Crippen molar-refractivity contribution < 1.29 is 4.39 Å². The summed E-state index contributed by atoms with van der Waals surface area (Å²) in [6.07, 6.45) is 5.39. The number of terminal acetylenes is 1. The molecule has 0 bridgehead atoms. The van der Waals surface area contributed by atoms with Gasteiger partial charge in [0.15, 0.2) is 0 Å². The molecule has 2 heteroatoms. The van der Waals surface area contributed by atoms with Crippen LogP contribution in [0.15, 0.2) is 18.2 Å². The highest BCUT2D eigenvalue weighted by molar-refractivity contribution is 5.33. The molecule has 74 valence electrons. The Morgan fingerprint density at radius 1 is 1.57 bits per heavy atom. The maximum absolute atomic E-state index is 12.8. The number of hydrogen-bond donors (Lipinski definition) is 1. The summed E-state index contributed by atoms with van der Waals surface area (Å²) in [4.78, 5) is 0. The van der Waals surface area contributed by atoms with Crippen LogP contribution in [-0.2, 0) is 0 Å². The first-order valence-corrected chi connectivity index (χ1v) is 4.64. The van der Waals surface area contributed by atoms with Crippen LogP contribution < -0.4 is 5.32 Å². The Hall–Kier alpha value is -1.33. The van der Waals surface area contributed by atoms with Crippen LogP contribution in [0, 0.1) is 25.1 Å². The van der Waals surface area contributed by atoms with Crippen molar-refractivity contribution in [1.29, 1.82) is 0 Å². The molecule has 1 N–H and O–H groups in total. The summed E-state index contributed by atoms with van der Waals surface area (Å²) < 4.78 is 12.8. The van der Waals surface area contributed by atoms with E-state index in [0.717, 1.165) is 17.7 Å². The lowest BCUT2D eigenvalue weighted by Gasteiger charge is -2.14. The molecule has 1 nitrogen and oxygen atoms in total. The lowest BCUT2D eigenvalue weighted by molar-refractivity contribution is 0.619. The molecule has 0 aromatic heterocycles. The second-order valence-electron chi connectivity index (χ2n) is 3.16. The molecule has 0 saturated carbocycles. The van der Waals surface area contributed by atoms with E-state index in [0.29, 0.717) is 0 Å². The summed E-state index contributed by atoms with van der Waals surface area (Å²) in [7, 11) is 0. The molecular weight excluding hydrogens is 177 g/mol. The normalized spacial score (nSPS) is 12.1. The van der Waals surface area contributed by atoms with Crippen LogP contribution in [0.25, 0.3) is 0 Å². The first-order chi connectivity index (χ1) is 6.69. The maximum atomic E-state index is 12.8. The Bertz CT molecular complexity index is 352.